The van der Waals surface area contributed by atoms with Gasteiger partial charge in [0.2, 0.25) is 0 Å². The summed E-state index contributed by atoms with van der Waals surface area (Å²) in [6.07, 6.45) is 3.52. The molecule has 0 amide bonds. The van der Waals surface area contributed by atoms with Gasteiger partial charge in [0.1, 0.15) is 5.52 Å². The number of aromatic nitrogens is 3. The fourth-order valence-electron chi connectivity index (χ4n) is 1.42. The maximum Gasteiger partial charge on any atom is 0.107 e. The van der Waals surface area contributed by atoms with Crippen LogP contribution in [0.25, 0.3) is 11.0 Å². The van der Waals surface area contributed by atoms with Crippen LogP contribution < -0.4 is 0 Å². The van der Waals surface area contributed by atoms with Crippen LogP contribution in [-0.2, 0) is 6.00 Å². The molecule has 2 aromatic heterocycles. The molecule has 0 saturated carbocycles. The van der Waals surface area contributed by atoms with Gasteiger partial charge in [-0.3, -0.25) is 4.98 Å². The van der Waals surface area contributed by atoms with E-state index >= 15 is 0 Å². The number of halogens is 1. The first-order valence-electron chi connectivity index (χ1n) is 4.07. The highest BCUT2D eigenvalue weighted by Crippen LogP contribution is 2.18. The molecule has 2 rings (SSSR count). The molecule has 0 fully saturated rings. The zero-order valence-electron chi connectivity index (χ0n) is 7.58. The van der Waals surface area contributed by atoms with Gasteiger partial charge < -0.3 is 4.57 Å². The number of hydrogen-bond donors (Lipinski definition) is 0. The second kappa shape index (κ2) is 3.00. The lowest BCUT2D eigenvalue weighted by atomic mass is 10.2. The van der Waals surface area contributed by atoms with E-state index in [1.54, 1.807) is 12.5 Å². The molecule has 68 valence electrons. The second-order valence-electron chi connectivity index (χ2n) is 3.04. The van der Waals surface area contributed by atoms with Gasteiger partial charge in [-0.1, -0.05) is 0 Å². The predicted octanol–water partition coefficient (Wildman–Crippen LogP) is 2.24. The summed E-state index contributed by atoms with van der Waals surface area (Å²) in [5.41, 5.74) is 4.17. The number of imidazole rings is 1. The van der Waals surface area contributed by atoms with Gasteiger partial charge in [0, 0.05) is 5.69 Å². The molecular formula is C9H10ClN3. The summed E-state index contributed by atoms with van der Waals surface area (Å²) < 4.78 is 1.92. The largest absolute Gasteiger partial charge is 0.316 e. The summed E-state index contributed by atoms with van der Waals surface area (Å²) in [5.74, 6) is 0. The van der Waals surface area contributed by atoms with Crippen LogP contribution in [0.2, 0.25) is 0 Å². The minimum absolute atomic E-state index is 0.431. The molecule has 0 aliphatic heterocycles. The molecule has 0 unspecified atom stereocenters. The van der Waals surface area contributed by atoms with E-state index in [0.717, 1.165) is 22.3 Å². The van der Waals surface area contributed by atoms with Gasteiger partial charge in [-0.05, 0) is 19.4 Å². The Labute approximate surface area is 81.4 Å². The van der Waals surface area contributed by atoms with Gasteiger partial charge in [0.15, 0.2) is 0 Å². The van der Waals surface area contributed by atoms with Crippen molar-refractivity contribution in [2.75, 3.05) is 0 Å². The number of pyridine rings is 1. The standard InChI is InChI=1S/C9H10ClN3/c1-6-7(2)11-3-8-9(6)13(4-10)5-12-8/h3,5H,4H2,1-2H3. The summed E-state index contributed by atoms with van der Waals surface area (Å²) in [4.78, 5) is 8.44. The van der Waals surface area contributed by atoms with Crippen molar-refractivity contribution in [2.45, 2.75) is 19.9 Å². The van der Waals surface area contributed by atoms with E-state index < -0.39 is 0 Å². The van der Waals surface area contributed by atoms with Gasteiger partial charge in [-0.25, -0.2) is 4.98 Å². The van der Waals surface area contributed by atoms with E-state index in [1.165, 1.54) is 0 Å². The van der Waals surface area contributed by atoms with E-state index in [0.29, 0.717) is 6.00 Å². The Kier molecular flexibility index (Phi) is 1.96. The normalized spacial score (nSPS) is 11.0. The third-order valence-corrected chi connectivity index (χ3v) is 2.53. The molecule has 0 bridgehead atoms. The third-order valence-electron chi connectivity index (χ3n) is 2.27. The zero-order chi connectivity index (χ0) is 9.42. The first kappa shape index (κ1) is 8.51. The molecule has 3 nitrogen and oxygen atoms in total. The molecule has 2 aromatic rings. The quantitative estimate of drug-likeness (QED) is 0.654. The Balaban J connectivity index is 2.85. The summed E-state index contributed by atoms with van der Waals surface area (Å²) >= 11 is 5.77. The fourth-order valence-corrected chi connectivity index (χ4v) is 1.60. The van der Waals surface area contributed by atoms with E-state index in [4.69, 9.17) is 11.6 Å². The number of rotatable bonds is 1. The van der Waals surface area contributed by atoms with Crippen LogP contribution in [0.15, 0.2) is 12.5 Å². The molecule has 0 spiro atoms. The number of aryl methyl sites for hydroxylation is 2. The van der Waals surface area contributed by atoms with E-state index in [2.05, 4.69) is 9.97 Å². The fraction of sp³-hybridized carbons (Fsp3) is 0.333. The Morgan fingerprint density at radius 2 is 2.15 bits per heavy atom. The van der Waals surface area contributed by atoms with E-state index in [-0.39, 0.29) is 0 Å². The highest BCUT2D eigenvalue weighted by atomic mass is 35.5. The van der Waals surface area contributed by atoms with Crippen LogP contribution >= 0.6 is 11.6 Å². The van der Waals surface area contributed by atoms with Crippen LogP contribution in [0.4, 0.5) is 0 Å². The van der Waals surface area contributed by atoms with Crippen LogP contribution in [0.3, 0.4) is 0 Å². The van der Waals surface area contributed by atoms with Gasteiger partial charge >= 0.3 is 0 Å². The second-order valence-corrected chi connectivity index (χ2v) is 3.28. The van der Waals surface area contributed by atoms with Crippen molar-refractivity contribution in [2.24, 2.45) is 0 Å². The molecule has 0 radical (unpaired) electrons. The number of hydrogen-bond acceptors (Lipinski definition) is 2. The average Bonchev–Trinajstić information content (AvgIpc) is 2.55. The molecule has 2 heterocycles. The summed E-state index contributed by atoms with van der Waals surface area (Å²) in [7, 11) is 0. The molecule has 0 N–H and O–H groups in total. The smallest absolute Gasteiger partial charge is 0.107 e. The predicted molar refractivity (Wildman–Crippen MR) is 52.9 cm³/mol. The Bertz CT molecular complexity index is 447. The topological polar surface area (TPSA) is 30.7 Å². The van der Waals surface area contributed by atoms with Crippen LogP contribution in [0.1, 0.15) is 11.3 Å². The van der Waals surface area contributed by atoms with E-state index in [9.17, 15) is 0 Å². The highest BCUT2D eigenvalue weighted by molar-refractivity contribution is 6.15. The molecule has 0 aliphatic rings. The van der Waals surface area contributed by atoms with Crippen molar-refractivity contribution in [1.29, 1.82) is 0 Å². The van der Waals surface area contributed by atoms with Crippen LogP contribution in [0.5, 0.6) is 0 Å². The van der Waals surface area contributed by atoms with Gasteiger partial charge in [0.05, 0.1) is 24.0 Å². The lowest BCUT2D eigenvalue weighted by molar-refractivity contribution is 0.908. The third kappa shape index (κ3) is 1.20. The van der Waals surface area contributed by atoms with Gasteiger partial charge in [-0.2, -0.15) is 0 Å². The maximum atomic E-state index is 5.77. The Morgan fingerprint density at radius 1 is 1.38 bits per heavy atom. The molecule has 0 saturated heterocycles. The molecular weight excluding hydrogens is 186 g/mol. The molecule has 4 heteroatoms. The minimum Gasteiger partial charge on any atom is -0.316 e. The van der Waals surface area contributed by atoms with Crippen LogP contribution in [0, 0.1) is 13.8 Å². The molecule has 0 aliphatic carbocycles. The SMILES string of the molecule is Cc1ncc2ncn(CCl)c2c1C. The van der Waals surface area contributed by atoms with Crippen molar-refractivity contribution in [1.82, 2.24) is 14.5 Å². The summed E-state index contributed by atoms with van der Waals surface area (Å²) in [6, 6.07) is 0.431. The molecule has 13 heavy (non-hydrogen) atoms. The average molecular weight is 196 g/mol. The Hall–Kier alpha value is -1.09. The van der Waals surface area contributed by atoms with Gasteiger partial charge in [0.25, 0.3) is 0 Å². The lowest BCUT2D eigenvalue weighted by Crippen LogP contribution is -1.94. The number of nitrogens with zero attached hydrogens (tertiary/aromatic N) is 3. The highest BCUT2D eigenvalue weighted by Gasteiger charge is 2.06. The zero-order valence-corrected chi connectivity index (χ0v) is 8.34. The lowest BCUT2D eigenvalue weighted by Gasteiger charge is -2.03. The van der Waals surface area contributed by atoms with Crippen molar-refractivity contribution < 1.29 is 0 Å². The van der Waals surface area contributed by atoms with Gasteiger partial charge in [-0.15, -0.1) is 11.6 Å². The number of alkyl halides is 1. The monoisotopic (exact) mass is 195 g/mol. The first-order chi connectivity index (χ1) is 6.24. The summed E-state index contributed by atoms with van der Waals surface area (Å²) in [5, 5.41) is 0. The minimum atomic E-state index is 0.431. The summed E-state index contributed by atoms with van der Waals surface area (Å²) in [6.45, 7) is 4.02. The molecule has 0 aromatic carbocycles. The Morgan fingerprint density at radius 3 is 2.85 bits per heavy atom. The van der Waals surface area contributed by atoms with Crippen molar-refractivity contribution in [3.05, 3.63) is 23.8 Å². The van der Waals surface area contributed by atoms with E-state index in [1.807, 2.05) is 18.4 Å². The van der Waals surface area contributed by atoms with Crippen molar-refractivity contribution >= 4 is 22.6 Å². The van der Waals surface area contributed by atoms with Crippen LogP contribution in [-0.4, -0.2) is 14.5 Å². The maximum absolute atomic E-state index is 5.77. The molecule has 0 atom stereocenters. The van der Waals surface area contributed by atoms with Crippen molar-refractivity contribution in [3.63, 3.8) is 0 Å². The number of fused-ring (bicyclic) bond motifs is 1. The van der Waals surface area contributed by atoms with Crippen molar-refractivity contribution in [3.8, 4) is 0 Å². The first-order valence-corrected chi connectivity index (χ1v) is 4.60.